The van der Waals surface area contributed by atoms with Gasteiger partial charge in [0.1, 0.15) is 6.04 Å². The van der Waals surface area contributed by atoms with Crippen LogP contribution in [0, 0.1) is 0 Å². The van der Waals surface area contributed by atoms with Gasteiger partial charge in [-0.05, 0) is 62.1 Å². The highest BCUT2D eigenvalue weighted by molar-refractivity contribution is 7.92. The lowest BCUT2D eigenvalue weighted by Crippen LogP contribution is -2.50. The molecule has 2 amide bonds. The number of sulfonamides is 1. The molecule has 1 aliphatic rings. The van der Waals surface area contributed by atoms with Crippen LogP contribution in [0.15, 0.2) is 42.5 Å². The zero-order valence-electron chi connectivity index (χ0n) is 22.9. The summed E-state index contributed by atoms with van der Waals surface area (Å²) in [5, 5.41) is 3.67. The van der Waals surface area contributed by atoms with Crippen LogP contribution in [0.1, 0.15) is 63.0 Å². The number of amides is 2. The summed E-state index contributed by atoms with van der Waals surface area (Å²) in [5.41, 5.74) is -0.486. The number of nitrogens with zero attached hydrogens (tertiary/aromatic N) is 2. The molecule has 41 heavy (non-hydrogen) atoms. The van der Waals surface area contributed by atoms with Crippen molar-refractivity contribution < 1.29 is 31.2 Å². The lowest BCUT2D eigenvalue weighted by Gasteiger charge is -2.31. The van der Waals surface area contributed by atoms with Crippen molar-refractivity contribution in [1.29, 1.82) is 0 Å². The maximum Gasteiger partial charge on any atom is 0.416 e. The highest BCUT2D eigenvalue weighted by atomic mass is 35.5. The maximum atomic E-state index is 13.5. The van der Waals surface area contributed by atoms with E-state index in [0.717, 1.165) is 60.9 Å². The Morgan fingerprint density at radius 1 is 1.05 bits per heavy atom. The summed E-state index contributed by atoms with van der Waals surface area (Å²) in [4.78, 5) is 28.0. The zero-order valence-corrected chi connectivity index (χ0v) is 25.2. The van der Waals surface area contributed by atoms with E-state index in [0.29, 0.717) is 15.6 Å². The quantitative estimate of drug-likeness (QED) is 0.308. The molecule has 0 heterocycles. The lowest BCUT2D eigenvalue weighted by molar-refractivity contribution is -0.141. The monoisotopic (exact) mass is 635 g/mol. The Bertz CT molecular complexity index is 1340. The van der Waals surface area contributed by atoms with Crippen LogP contribution < -0.4 is 9.62 Å². The van der Waals surface area contributed by atoms with Gasteiger partial charge in [0, 0.05) is 25.6 Å². The SMILES string of the molecule is C[C@@H](C(=O)NC1CCCCC1)N(Cc1ccc(Cl)c(Cl)c1)C(=O)CCCN(c1cccc(C(F)(F)F)c1)S(C)(=O)=O. The maximum absolute atomic E-state index is 13.5. The molecule has 1 saturated carbocycles. The second-order valence-corrected chi connectivity index (χ2v) is 13.0. The molecule has 0 saturated heterocycles. The van der Waals surface area contributed by atoms with Crippen molar-refractivity contribution in [2.75, 3.05) is 17.1 Å². The largest absolute Gasteiger partial charge is 0.416 e. The molecule has 0 unspecified atom stereocenters. The van der Waals surface area contributed by atoms with Gasteiger partial charge in [0.15, 0.2) is 0 Å². The number of alkyl halides is 3. The van der Waals surface area contributed by atoms with E-state index in [1.807, 2.05) is 0 Å². The molecule has 3 rings (SSSR count). The second-order valence-electron chi connectivity index (χ2n) is 10.3. The number of rotatable bonds is 11. The lowest BCUT2D eigenvalue weighted by atomic mass is 9.95. The summed E-state index contributed by atoms with van der Waals surface area (Å²) in [6.07, 6.45) is 1.02. The predicted molar refractivity (Wildman–Crippen MR) is 154 cm³/mol. The van der Waals surface area contributed by atoms with Crippen LogP contribution in [0.25, 0.3) is 0 Å². The molecule has 7 nitrogen and oxygen atoms in total. The number of halogens is 5. The molecule has 1 atom stereocenters. The summed E-state index contributed by atoms with van der Waals surface area (Å²) in [6, 6.07) is 8.11. The van der Waals surface area contributed by atoms with Crippen LogP contribution in [0.4, 0.5) is 18.9 Å². The number of hydrogen-bond acceptors (Lipinski definition) is 4. The highest BCUT2D eigenvalue weighted by Gasteiger charge is 2.32. The normalized spacial score (nSPS) is 15.3. The van der Waals surface area contributed by atoms with Crippen LogP contribution in [0.5, 0.6) is 0 Å². The molecule has 13 heteroatoms. The second kappa shape index (κ2) is 14.1. The molecule has 0 aliphatic heterocycles. The number of hydrogen-bond donors (Lipinski definition) is 1. The third-order valence-electron chi connectivity index (χ3n) is 7.07. The van der Waals surface area contributed by atoms with Gasteiger partial charge < -0.3 is 10.2 Å². The first kappa shape index (κ1) is 33.0. The first-order valence-electron chi connectivity index (χ1n) is 13.4. The Morgan fingerprint density at radius 3 is 2.34 bits per heavy atom. The molecule has 2 aromatic carbocycles. The Morgan fingerprint density at radius 2 is 1.73 bits per heavy atom. The fraction of sp³-hybridized carbons (Fsp3) is 0.500. The fourth-order valence-electron chi connectivity index (χ4n) is 4.83. The van der Waals surface area contributed by atoms with Crippen LogP contribution in [-0.4, -0.2) is 50.0 Å². The van der Waals surface area contributed by atoms with E-state index in [-0.39, 0.29) is 43.6 Å². The first-order chi connectivity index (χ1) is 19.2. The molecule has 0 bridgehead atoms. The van der Waals surface area contributed by atoms with Crippen LogP contribution in [0.2, 0.25) is 10.0 Å². The molecule has 2 aromatic rings. The van der Waals surface area contributed by atoms with E-state index < -0.39 is 33.7 Å². The predicted octanol–water partition coefficient (Wildman–Crippen LogP) is 6.42. The van der Waals surface area contributed by atoms with Gasteiger partial charge in [0.2, 0.25) is 21.8 Å². The summed E-state index contributed by atoms with van der Waals surface area (Å²) >= 11 is 12.2. The molecule has 1 fully saturated rings. The number of nitrogens with one attached hydrogen (secondary N) is 1. The Kier molecular flexibility index (Phi) is 11.4. The van der Waals surface area contributed by atoms with Crippen LogP contribution >= 0.6 is 23.2 Å². The van der Waals surface area contributed by atoms with Crippen LogP contribution in [0.3, 0.4) is 0 Å². The van der Waals surface area contributed by atoms with Gasteiger partial charge in [-0.3, -0.25) is 13.9 Å². The van der Waals surface area contributed by atoms with Crippen molar-refractivity contribution >= 4 is 50.7 Å². The summed E-state index contributed by atoms with van der Waals surface area (Å²) < 4.78 is 65.4. The van der Waals surface area contributed by atoms with E-state index in [4.69, 9.17) is 23.2 Å². The van der Waals surface area contributed by atoms with Crippen molar-refractivity contribution in [2.24, 2.45) is 0 Å². The van der Waals surface area contributed by atoms with E-state index in [2.05, 4.69) is 5.32 Å². The van der Waals surface area contributed by atoms with E-state index >= 15 is 0 Å². The average Bonchev–Trinajstić information content (AvgIpc) is 2.90. The first-order valence-corrected chi connectivity index (χ1v) is 16.0. The number of benzene rings is 2. The summed E-state index contributed by atoms with van der Waals surface area (Å²) in [5.74, 6) is -0.716. The van der Waals surface area contributed by atoms with Crippen LogP contribution in [-0.2, 0) is 32.3 Å². The molecule has 1 N–H and O–H groups in total. The highest BCUT2D eigenvalue weighted by Crippen LogP contribution is 2.32. The van der Waals surface area contributed by atoms with E-state index in [9.17, 15) is 31.2 Å². The molecular formula is C28H34Cl2F3N3O4S. The van der Waals surface area contributed by atoms with E-state index in [1.165, 1.54) is 11.0 Å². The summed E-state index contributed by atoms with van der Waals surface area (Å²) in [7, 11) is -3.95. The molecule has 0 spiro atoms. The standard InChI is InChI=1S/C28H34Cl2F3N3O4S/c1-19(27(38)34-22-9-4-3-5-10-22)35(18-20-13-14-24(29)25(30)16-20)26(37)12-7-15-36(41(2,39)40)23-11-6-8-21(17-23)28(31,32)33/h6,8,11,13-14,16-17,19,22H,3-5,7,9-10,12,15,18H2,1-2H3,(H,34,38)/t19-/m0/s1. The van der Waals surface area contributed by atoms with Gasteiger partial charge in [0.25, 0.3) is 0 Å². The van der Waals surface area contributed by atoms with Crippen molar-refractivity contribution in [2.45, 2.75) is 76.7 Å². The number of carbonyl (C=O) groups is 2. The molecule has 0 aromatic heterocycles. The van der Waals surface area contributed by atoms with Gasteiger partial charge in [-0.2, -0.15) is 13.2 Å². The van der Waals surface area contributed by atoms with Gasteiger partial charge in [-0.15, -0.1) is 0 Å². The van der Waals surface area contributed by atoms with Gasteiger partial charge in [-0.25, -0.2) is 8.42 Å². The van der Waals surface area contributed by atoms with E-state index in [1.54, 1.807) is 25.1 Å². The molecule has 1 aliphatic carbocycles. The Hall–Kier alpha value is -2.50. The van der Waals surface area contributed by atoms with Gasteiger partial charge in [-0.1, -0.05) is 54.6 Å². The molecule has 0 radical (unpaired) electrons. The van der Waals surface area contributed by atoms with Gasteiger partial charge >= 0.3 is 6.18 Å². The molecule has 226 valence electrons. The number of carbonyl (C=O) groups excluding carboxylic acids is 2. The average molecular weight is 637 g/mol. The fourth-order valence-corrected chi connectivity index (χ4v) is 6.11. The van der Waals surface area contributed by atoms with Crippen molar-refractivity contribution in [3.05, 3.63) is 63.6 Å². The minimum atomic E-state index is -4.64. The van der Waals surface area contributed by atoms with Crippen molar-refractivity contribution in [3.63, 3.8) is 0 Å². The minimum absolute atomic E-state index is 0.0109. The summed E-state index contributed by atoms with van der Waals surface area (Å²) in [6.45, 7) is 1.45. The van der Waals surface area contributed by atoms with Crippen molar-refractivity contribution in [1.82, 2.24) is 10.2 Å². The van der Waals surface area contributed by atoms with Crippen molar-refractivity contribution in [3.8, 4) is 0 Å². The smallest absolute Gasteiger partial charge is 0.352 e. The zero-order chi connectivity index (χ0) is 30.4. The number of anilines is 1. The topological polar surface area (TPSA) is 86.8 Å². The third-order valence-corrected chi connectivity index (χ3v) is 9.00. The Balaban J connectivity index is 1.76. The molecular weight excluding hydrogens is 602 g/mol. The van der Waals surface area contributed by atoms with Gasteiger partial charge in [0.05, 0.1) is 27.6 Å². The minimum Gasteiger partial charge on any atom is -0.352 e. The third kappa shape index (κ3) is 9.51. The Labute approximate surface area is 249 Å².